The molecular formula is C22H18N2O4S. The number of aromatic nitrogens is 1. The van der Waals surface area contributed by atoms with Crippen molar-refractivity contribution in [2.75, 3.05) is 13.7 Å². The van der Waals surface area contributed by atoms with Gasteiger partial charge in [-0.05, 0) is 52.8 Å². The largest absolute Gasteiger partial charge is 0.496 e. The van der Waals surface area contributed by atoms with E-state index in [9.17, 15) is 14.7 Å². The lowest BCUT2D eigenvalue weighted by molar-refractivity contribution is 0.140. The average Bonchev–Trinajstić information content (AvgIpc) is 3.23. The van der Waals surface area contributed by atoms with Crippen LogP contribution in [0, 0.1) is 0 Å². The van der Waals surface area contributed by atoms with Gasteiger partial charge in [0.1, 0.15) is 10.4 Å². The molecule has 0 unspecified atom stereocenters. The van der Waals surface area contributed by atoms with E-state index >= 15 is 0 Å². The summed E-state index contributed by atoms with van der Waals surface area (Å²) < 4.78 is 6.36. The highest BCUT2D eigenvalue weighted by Gasteiger charge is 2.22. The zero-order valence-electron chi connectivity index (χ0n) is 15.7. The molecule has 1 aliphatic heterocycles. The monoisotopic (exact) mass is 406 g/mol. The van der Waals surface area contributed by atoms with Crippen molar-refractivity contribution in [3.05, 3.63) is 63.3 Å². The fraction of sp³-hybridized carbons (Fsp3) is 0.182. The molecule has 0 aliphatic carbocycles. The Morgan fingerprint density at radius 2 is 2.07 bits per heavy atom. The maximum atomic E-state index is 12.4. The highest BCUT2D eigenvalue weighted by atomic mass is 32.1. The summed E-state index contributed by atoms with van der Waals surface area (Å²) in [5.74, 6) is 0.711. The van der Waals surface area contributed by atoms with Gasteiger partial charge in [0, 0.05) is 34.9 Å². The van der Waals surface area contributed by atoms with Gasteiger partial charge in [-0.15, -0.1) is 11.3 Å². The molecule has 1 aliphatic rings. The van der Waals surface area contributed by atoms with Crippen LogP contribution in [0.5, 0.6) is 5.75 Å². The Balaban J connectivity index is 1.79. The molecule has 0 spiro atoms. The molecule has 5 rings (SSSR count). The summed E-state index contributed by atoms with van der Waals surface area (Å²) in [6, 6.07) is 11.8. The lowest BCUT2D eigenvalue weighted by atomic mass is 9.92. The van der Waals surface area contributed by atoms with Crippen molar-refractivity contribution in [1.29, 1.82) is 0 Å². The first kappa shape index (κ1) is 17.8. The fourth-order valence-corrected chi connectivity index (χ4v) is 4.96. The number of benzene rings is 2. The second-order valence-corrected chi connectivity index (χ2v) is 8.04. The van der Waals surface area contributed by atoms with Crippen LogP contribution in [0.15, 0.2) is 46.6 Å². The smallest absolute Gasteiger partial charge is 0.407 e. The van der Waals surface area contributed by atoms with E-state index in [2.05, 4.69) is 17.1 Å². The molecule has 146 valence electrons. The molecule has 2 aromatic heterocycles. The summed E-state index contributed by atoms with van der Waals surface area (Å²) in [4.78, 5) is 28.2. The minimum Gasteiger partial charge on any atom is -0.496 e. The van der Waals surface area contributed by atoms with Crippen molar-refractivity contribution >= 4 is 38.4 Å². The van der Waals surface area contributed by atoms with E-state index < -0.39 is 6.09 Å². The number of aromatic amines is 1. The number of H-pyrrole nitrogens is 1. The minimum absolute atomic E-state index is 0.0962. The number of pyridine rings is 1. The predicted molar refractivity (Wildman–Crippen MR) is 114 cm³/mol. The van der Waals surface area contributed by atoms with E-state index in [1.54, 1.807) is 7.11 Å². The molecule has 0 bridgehead atoms. The van der Waals surface area contributed by atoms with Gasteiger partial charge in [-0.2, -0.15) is 0 Å². The van der Waals surface area contributed by atoms with E-state index in [0.29, 0.717) is 30.0 Å². The molecule has 7 heteroatoms. The molecule has 0 atom stereocenters. The second-order valence-electron chi connectivity index (χ2n) is 7.12. The van der Waals surface area contributed by atoms with Crippen LogP contribution in [0.2, 0.25) is 0 Å². The average molecular weight is 406 g/mol. The SMILES string of the molecule is COc1ccc2[nH]c(=O)c3sccc3c2c1-c1ccc2c(c1)CN(C(=O)O)CC2. The number of carbonyl (C=O) groups is 1. The highest BCUT2D eigenvalue weighted by molar-refractivity contribution is 7.17. The van der Waals surface area contributed by atoms with Crippen LogP contribution < -0.4 is 10.3 Å². The van der Waals surface area contributed by atoms with Crippen molar-refractivity contribution in [1.82, 2.24) is 9.88 Å². The Kier molecular flexibility index (Phi) is 4.06. The van der Waals surface area contributed by atoms with E-state index in [4.69, 9.17) is 4.74 Å². The van der Waals surface area contributed by atoms with Gasteiger partial charge in [-0.25, -0.2) is 4.79 Å². The number of nitrogens with one attached hydrogen (secondary N) is 1. The lowest BCUT2D eigenvalue weighted by Crippen LogP contribution is -2.34. The Morgan fingerprint density at radius 3 is 2.86 bits per heavy atom. The van der Waals surface area contributed by atoms with Gasteiger partial charge >= 0.3 is 6.09 Å². The normalized spacial score (nSPS) is 13.6. The van der Waals surface area contributed by atoms with E-state index in [1.807, 2.05) is 29.6 Å². The molecule has 0 radical (unpaired) electrons. The van der Waals surface area contributed by atoms with Crippen LogP contribution in [-0.4, -0.2) is 34.7 Å². The van der Waals surface area contributed by atoms with Gasteiger partial charge in [-0.3, -0.25) is 4.79 Å². The van der Waals surface area contributed by atoms with Crippen molar-refractivity contribution in [2.24, 2.45) is 0 Å². The first-order valence-electron chi connectivity index (χ1n) is 9.27. The highest BCUT2D eigenvalue weighted by Crippen LogP contribution is 2.41. The molecule has 0 saturated heterocycles. The first-order valence-corrected chi connectivity index (χ1v) is 10.1. The maximum absolute atomic E-state index is 12.4. The molecule has 2 N–H and O–H groups in total. The van der Waals surface area contributed by atoms with Crippen LogP contribution in [0.3, 0.4) is 0 Å². The third kappa shape index (κ3) is 2.77. The summed E-state index contributed by atoms with van der Waals surface area (Å²) >= 11 is 1.42. The second kappa shape index (κ2) is 6.63. The third-order valence-corrected chi connectivity index (χ3v) is 6.47. The first-order chi connectivity index (χ1) is 14.1. The molecule has 2 aromatic carbocycles. The van der Waals surface area contributed by atoms with Gasteiger partial charge in [0.15, 0.2) is 0 Å². The van der Waals surface area contributed by atoms with Gasteiger partial charge in [0.2, 0.25) is 0 Å². The van der Waals surface area contributed by atoms with Gasteiger partial charge in [0.05, 0.1) is 7.11 Å². The van der Waals surface area contributed by atoms with Crippen molar-refractivity contribution in [2.45, 2.75) is 13.0 Å². The molecule has 0 saturated carbocycles. The van der Waals surface area contributed by atoms with E-state index in [0.717, 1.165) is 33.0 Å². The number of hydrogen-bond acceptors (Lipinski definition) is 4. The van der Waals surface area contributed by atoms with Crippen LogP contribution in [0.4, 0.5) is 4.79 Å². The third-order valence-electron chi connectivity index (χ3n) is 5.55. The van der Waals surface area contributed by atoms with Gasteiger partial charge in [0.25, 0.3) is 5.56 Å². The molecule has 6 nitrogen and oxygen atoms in total. The zero-order chi connectivity index (χ0) is 20.1. The topological polar surface area (TPSA) is 82.6 Å². The molecular weight excluding hydrogens is 388 g/mol. The summed E-state index contributed by atoms with van der Waals surface area (Å²) in [5.41, 5.74) is 4.67. The number of amides is 1. The fourth-order valence-electron chi connectivity index (χ4n) is 4.16. The number of ether oxygens (including phenoxy) is 1. The van der Waals surface area contributed by atoms with Crippen molar-refractivity contribution in [3.8, 4) is 16.9 Å². The van der Waals surface area contributed by atoms with E-state index in [1.165, 1.54) is 21.8 Å². The maximum Gasteiger partial charge on any atom is 0.407 e. The van der Waals surface area contributed by atoms with Gasteiger partial charge < -0.3 is 19.7 Å². The van der Waals surface area contributed by atoms with Crippen molar-refractivity contribution < 1.29 is 14.6 Å². The predicted octanol–water partition coefficient (Wildman–Crippen LogP) is 4.45. The standard InChI is InChI=1S/C22H18N2O4S/c1-28-17-5-4-16-19(15-7-9-29-20(15)21(25)23-16)18(17)13-3-2-12-6-8-24(22(26)27)11-14(12)10-13/h2-5,7,9-10H,6,8,11H2,1H3,(H,23,25)(H,26,27). The van der Waals surface area contributed by atoms with Crippen LogP contribution in [-0.2, 0) is 13.0 Å². The van der Waals surface area contributed by atoms with Crippen LogP contribution in [0.25, 0.3) is 32.1 Å². The lowest BCUT2D eigenvalue weighted by Gasteiger charge is -2.27. The Morgan fingerprint density at radius 1 is 1.21 bits per heavy atom. The number of fused-ring (bicyclic) bond motifs is 4. The molecule has 0 fully saturated rings. The number of nitrogens with zero attached hydrogens (tertiary/aromatic N) is 1. The molecule has 4 aromatic rings. The molecule has 29 heavy (non-hydrogen) atoms. The Labute approximate surface area is 170 Å². The van der Waals surface area contributed by atoms with Gasteiger partial charge in [-0.1, -0.05) is 12.1 Å². The quantitative estimate of drug-likeness (QED) is 0.515. The van der Waals surface area contributed by atoms with Crippen LogP contribution >= 0.6 is 11.3 Å². The minimum atomic E-state index is -0.902. The number of methoxy groups -OCH3 is 1. The summed E-state index contributed by atoms with van der Waals surface area (Å²) in [5, 5.41) is 13.1. The van der Waals surface area contributed by atoms with E-state index in [-0.39, 0.29) is 5.56 Å². The molecule has 3 heterocycles. The summed E-state index contributed by atoms with van der Waals surface area (Å²) in [6.45, 7) is 0.881. The summed E-state index contributed by atoms with van der Waals surface area (Å²) in [6.07, 6.45) is -0.196. The van der Waals surface area contributed by atoms with Crippen molar-refractivity contribution in [3.63, 3.8) is 0 Å². The number of rotatable bonds is 2. The number of hydrogen-bond donors (Lipinski definition) is 2. The summed E-state index contributed by atoms with van der Waals surface area (Å²) in [7, 11) is 1.63. The Hall–Kier alpha value is -3.32. The zero-order valence-corrected chi connectivity index (χ0v) is 16.5. The Bertz CT molecular complexity index is 1340. The number of carboxylic acid groups (broad SMARTS) is 1. The number of thiophene rings is 1. The van der Waals surface area contributed by atoms with Crippen LogP contribution in [0.1, 0.15) is 11.1 Å². The molecule has 1 amide bonds.